The largest absolute Gasteiger partial charge is 0.493 e. The van der Waals surface area contributed by atoms with Crippen molar-refractivity contribution < 1.29 is 9.47 Å². The molecule has 1 aromatic heterocycles. The van der Waals surface area contributed by atoms with Gasteiger partial charge in [0, 0.05) is 25.2 Å². The van der Waals surface area contributed by atoms with Crippen LogP contribution in [-0.4, -0.2) is 40.0 Å². The molecule has 0 spiro atoms. The van der Waals surface area contributed by atoms with Crippen molar-refractivity contribution in [2.24, 2.45) is 0 Å². The van der Waals surface area contributed by atoms with Crippen LogP contribution in [0.25, 0.3) is 11.4 Å². The second-order valence-corrected chi connectivity index (χ2v) is 7.50. The first-order valence-corrected chi connectivity index (χ1v) is 10.2. The van der Waals surface area contributed by atoms with Crippen LogP contribution in [0, 0.1) is 4.77 Å². The van der Waals surface area contributed by atoms with Crippen LogP contribution in [0.5, 0.6) is 11.5 Å². The molecule has 7 heteroatoms. The average molecular weight is 411 g/mol. The average Bonchev–Trinajstić information content (AvgIpc) is 3.08. The molecule has 2 heterocycles. The SMILES string of the molecule is CCn1c(-c2ccccc2)nn(CN2CCc3cc(OC)c(OC)cc3C2)c1=S. The molecular formula is C22H26N4O2S. The predicted molar refractivity (Wildman–Crippen MR) is 116 cm³/mol. The molecule has 4 rings (SSSR count). The first kappa shape index (κ1) is 19.7. The lowest BCUT2D eigenvalue weighted by molar-refractivity contribution is 0.187. The van der Waals surface area contributed by atoms with Gasteiger partial charge >= 0.3 is 0 Å². The number of rotatable bonds is 6. The Morgan fingerprint density at radius 3 is 2.38 bits per heavy atom. The molecule has 6 nitrogen and oxygen atoms in total. The first-order valence-electron chi connectivity index (χ1n) is 9.83. The van der Waals surface area contributed by atoms with E-state index in [0.29, 0.717) is 6.67 Å². The molecule has 0 aliphatic carbocycles. The third-order valence-electron chi connectivity index (χ3n) is 5.40. The Morgan fingerprint density at radius 1 is 1.03 bits per heavy atom. The van der Waals surface area contributed by atoms with Gasteiger partial charge in [-0.05, 0) is 48.8 Å². The molecular weight excluding hydrogens is 384 g/mol. The number of hydrogen-bond acceptors (Lipinski definition) is 5. The van der Waals surface area contributed by atoms with Crippen molar-refractivity contribution >= 4 is 12.2 Å². The molecule has 0 radical (unpaired) electrons. The fraction of sp³-hybridized carbons (Fsp3) is 0.364. The zero-order chi connectivity index (χ0) is 20.4. The van der Waals surface area contributed by atoms with Gasteiger partial charge in [0.05, 0.1) is 20.9 Å². The lowest BCUT2D eigenvalue weighted by atomic mass is 9.99. The molecule has 2 aromatic carbocycles. The number of aromatic nitrogens is 3. The van der Waals surface area contributed by atoms with Gasteiger partial charge in [-0.15, -0.1) is 0 Å². The molecule has 1 aliphatic heterocycles. The molecule has 0 amide bonds. The number of fused-ring (bicyclic) bond motifs is 1. The fourth-order valence-electron chi connectivity index (χ4n) is 3.87. The fourth-order valence-corrected chi connectivity index (χ4v) is 4.18. The second kappa shape index (κ2) is 8.39. The van der Waals surface area contributed by atoms with Gasteiger partial charge in [0.1, 0.15) is 0 Å². The van der Waals surface area contributed by atoms with Crippen LogP contribution in [0.2, 0.25) is 0 Å². The molecule has 0 saturated heterocycles. The van der Waals surface area contributed by atoms with Gasteiger partial charge in [-0.3, -0.25) is 4.90 Å². The van der Waals surface area contributed by atoms with E-state index < -0.39 is 0 Å². The highest BCUT2D eigenvalue weighted by atomic mass is 32.1. The van der Waals surface area contributed by atoms with Crippen molar-refractivity contribution in [1.82, 2.24) is 19.2 Å². The molecule has 0 unspecified atom stereocenters. The Labute approximate surface area is 176 Å². The smallest absolute Gasteiger partial charge is 0.199 e. The van der Waals surface area contributed by atoms with Crippen LogP contribution in [0.15, 0.2) is 42.5 Å². The molecule has 1 aliphatic rings. The third-order valence-corrected chi connectivity index (χ3v) is 5.83. The summed E-state index contributed by atoms with van der Waals surface area (Å²) in [6.07, 6.45) is 0.961. The number of benzene rings is 2. The van der Waals surface area contributed by atoms with Gasteiger partial charge in [0.15, 0.2) is 22.1 Å². The Kier molecular flexibility index (Phi) is 5.69. The van der Waals surface area contributed by atoms with Gasteiger partial charge in [-0.2, -0.15) is 5.10 Å². The molecule has 0 saturated carbocycles. The lowest BCUT2D eigenvalue weighted by Crippen LogP contribution is -2.32. The predicted octanol–water partition coefficient (Wildman–Crippen LogP) is 4.13. The van der Waals surface area contributed by atoms with E-state index in [1.54, 1.807) is 14.2 Å². The van der Waals surface area contributed by atoms with Crippen molar-refractivity contribution in [3.05, 3.63) is 58.4 Å². The highest BCUT2D eigenvalue weighted by molar-refractivity contribution is 7.71. The Bertz CT molecular complexity index is 1060. The maximum absolute atomic E-state index is 5.73. The van der Waals surface area contributed by atoms with E-state index in [1.807, 2.05) is 22.9 Å². The van der Waals surface area contributed by atoms with Crippen LogP contribution in [0.3, 0.4) is 0 Å². The van der Waals surface area contributed by atoms with Gasteiger partial charge in [-0.1, -0.05) is 30.3 Å². The van der Waals surface area contributed by atoms with Crippen LogP contribution >= 0.6 is 12.2 Å². The van der Waals surface area contributed by atoms with Crippen molar-refractivity contribution in [3.8, 4) is 22.9 Å². The Balaban J connectivity index is 1.60. The van der Waals surface area contributed by atoms with Crippen molar-refractivity contribution in [3.63, 3.8) is 0 Å². The number of methoxy groups -OCH3 is 2. The number of nitrogens with zero attached hydrogens (tertiary/aromatic N) is 4. The highest BCUT2D eigenvalue weighted by Gasteiger charge is 2.21. The van der Waals surface area contributed by atoms with Crippen LogP contribution in [0.4, 0.5) is 0 Å². The lowest BCUT2D eigenvalue weighted by Gasteiger charge is -2.29. The normalized spacial score (nSPS) is 13.9. The summed E-state index contributed by atoms with van der Waals surface area (Å²) in [6, 6.07) is 14.4. The molecule has 0 atom stereocenters. The van der Waals surface area contributed by atoms with Crippen molar-refractivity contribution in [2.45, 2.75) is 33.1 Å². The summed E-state index contributed by atoms with van der Waals surface area (Å²) in [5.74, 6) is 2.48. The van der Waals surface area contributed by atoms with Gasteiger partial charge in [-0.25, -0.2) is 4.68 Å². The third kappa shape index (κ3) is 3.80. The second-order valence-electron chi connectivity index (χ2n) is 7.14. The summed E-state index contributed by atoms with van der Waals surface area (Å²) in [6.45, 7) is 5.34. The molecule has 0 bridgehead atoms. The molecule has 0 N–H and O–H groups in total. The summed E-state index contributed by atoms with van der Waals surface area (Å²) in [4.78, 5) is 2.37. The summed E-state index contributed by atoms with van der Waals surface area (Å²) in [7, 11) is 3.35. The van der Waals surface area contributed by atoms with Gasteiger partial charge < -0.3 is 14.0 Å². The topological polar surface area (TPSA) is 44.5 Å². The monoisotopic (exact) mass is 410 g/mol. The zero-order valence-electron chi connectivity index (χ0n) is 17.1. The minimum absolute atomic E-state index is 0.666. The minimum Gasteiger partial charge on any atom is -0.493 e. The summed E-state index contributed by atoms with van der Waals surface area (Å²) >= 11 is 5.73. The quantitative estimate of drug-likeness (QED) is 0.572. The standard InChI is InChI=1S/C22H26N4O2S/c1-4-25-21(16-8-6-5-7-9-16)23-26(22(25)29)15-24-11-10-17-12-19(27-2)20(28-3)13-18(17)14-24/h5-9,12-13H,4,10-11,14-15H2,1-3H3. The minimum atomic E-state index is 0.666. The molecule has 152 valence electrons. The zero-order valence-corrected chi connectivity index (χ0v) is 17.9. The van der Waals surface area contributed by atoms with E-state index in [-0.39, 0.29) is 0 Å². The van der Waals surface area contributed by atoms with Crippen molar-refractivity contribution in [1.29, 1.82) is 0 Å². The number of hydrogen-bond donors (Lipinski definition) is 0. The van der Waals surface area contributed by atoms with Crippen molar-refractivity contribution in [2.75, 3.05) is 20.8 Å². The Hall–Kier alpha value is -2.64. The van der Waals surface area contributed by atoms with E-state index in [1.165, 1.54) is 11.1 Å². The van der Waals surface area contributed by atoms with E-state index in [2.05, 4.69) is 40.7 Å². The van der Waals surface area contributed by atoms with E-state index >= 15 is 0 Å². The van der Waals surface area contributed by atoms with E-state index in [0.717, 1.165) is 53.7 Å². The molecule has 3 aromatic rings. The van der Waals surface area contributed by atoms with Crippen LogP contribution < -0.4 is 9.47 Å². The first-order chi connectivity index (χ1) is 14.1. The maximum atomic E-state index is 5.73. The van der Waals surface area contributed by atoms with Crippen LogP contribution in [-0.2, 0) is 26.2 Å². The van der Waals surface area contributed by atoms with Gasteiger partial charge in [0.25, 0.3) is 0 Å². The highest BCUT2D eigenvalue weighted by Crippen LogP contribution is 2.33. The van der Waals surface area contributed by atoms with Crippen LogP contribution in [0.1, 0.15) is 18.1 Å². The van der Waals surface area contributed by atoms with E-state index in [4.69, 9.17) is 26.8 Å². The van der Waals surface area contributed by atoms with Gasteiger partial charge in [0.2, 0.25) is 0 Å². The Morgan fingerprint density at radius 2 is 1.72 bits per heavy atom. The summed E-state index contributed by atoms with van der Waals surface area (Å²) < 4.78 is 15.7. The molecule has 0 fully saturated rings. The summed E-state index contributed by atoms with van der Waals surface area (Å²) in [5, 5.41) is 4.85. The summed E-state index contributed by atoms with van der Waals surface area (Å²) in [5.41, 5.74) is 3.66. The maximum Gasteiger partial charge on any atom is 0.199 e. The molecule has 29 heavy (non-hydrogen) atoms. The number of ether oxygens (including phenoxy) is 2. The van der Waals surface area contributed by atoms with E-state index in [9.17, 15) is 0 Å².